The molecular formula is C22H27NO3. The summed E-state index contributed by atoms with van der Waals surface area (Å²) in [6.45, 7) is 4.77. The van der Waals surface area contributed by atoms with Crippen LogP contribution in [0.2, 0.25) is 0 Å². The first-order chi connectivity index (χ1) is 12.5. The molecule has 4 heteroatoms. The number of likely N-dealkylation sites (tertiary alicyclic amines) is 1. The number of hydrogen-bond donors (Lipinski definition) is 2. The molecule has 1 atom stereocenters. The van der Waals surface area contributed by atoms with Gasteiger partial charge in [0.1, 0.15) is 17.6 Å². The highest BCUT2D eigenvalue weighted by molar-refractivity contribution is 5.42. The van der Waals surface area contributed by atoms with Crippen molar-refractivity contribution in [2.45, 2.75) is 44.3 Å². The third-order valence-corrected chi connectivity index (χ3v) is 5.81. The normalized spacial score (nSPS) is 22.0. The second-order valence-corrected chi connectivity index (χ2v) is 7.86. The number of phenolic OH excluding ortho intramolecular Hbond substituents is 1. The van der Waals surface area contributed by atoms with Crippen LogP contribution in [0.15, 0.2) is 42.5 Å². The van der Waals surface area contributed by atoms with Crippen molar-refractivity contribution in [2.24, 2.45) is 0 Å². The predicted molar refractivity (Wildman–Crippen MR) is 102 cm³/mol. The first kappa shape index (κ1) is 17.4. The molecule has 26 heavy (non-hydrogen) atoms. The molecule has 2 aromatic carbocycles. The molecule has 1 saturated heterocycles. The first-order valence-electron chi connectivity index (χ1n) is 9.49. The minimum absolute atomic E-state index is 0.134. The van der Waals surface area contributed by atoms with Crippen molar-refractivity contribution in [1.82, 2.24) is 4.90 Å². The molecule has 0 amide bonds. The maximum atomic E-state index is 11.0. The largest absolute Gasteiger partial charge is 0.508 e. The molecule has 2 N–H and O–H groups in total. The van der Waals surface area contributed by atoms with Gasteiger partial charge in [-0.05, 0) is 49.1 Å². The molecule has 0 unspecified atom stereocenters. The SMILES string of the molecule is Cc1ccccc1CC1(O)CCN(C[C@H]2Cc3cc(O)ccc3O2)CC1. The molecular weight excluding hydrogens is 326 g/mol. The molecule has 0 spiro atoms. The summed E-state index contributed by atoms with van der Waals surface area (Å²) < 4.78 is 6.01. The minimum Gasteiger partial charge on any atom is -0.508 e. The summed E-state index contributed by atoms with van der Waals surface area (Å²) in [5.41, 5.74) is 2.98. The third kappa shape index (κ3) is 3.71. The van der Waals surface area contributed by atoms with Crippen LogP contribution in [0, 0.1) is 6.92 Å². The fourth-order valence-corrected chi connectivity index (χ4v) is 4.19. The quantitative estimate of drug-likeness (QED) is 0.887. The lowest BCUT2D eigenvalue weighted by molar-refractivity contribution is -0.0265. The molecule has 2 heterocycles. The summed E-state index contributed by atoms with van der Waals surface area (Å²) in [4.78, 5) is 2.39. The van der Waals surface area contributed by atoms with Crippen molar-refractivity contribution >= 4 is 0 Å². The average molecular weight is 353 g/mol. The number of hydrogen-bond acceptors (Lipinski definition) is 4. The Balaban J connectivity index is 1.31. The lowest BCUT2D eigenvalue weighted by Crippen LogP contribution is -2.48. The molecule has 0 aliphatic carbocycles. The van der Waals surface area contributed by atoms with Gasteiger partial charge in [0, 0.05) is 38.0 Å². The highest BCUT2D eigenvalue weighted by Crippen LogP contribution is 2.33. The van der Waals surface area contributed by atoms with E-state index in [0.717, 1.165) is 56.6 Å². The third-order valence-electron chi connectivity index (χ3n) is 5.81. The van der Waals surface area contributed by atoms with E-state index in [9.17, 15) is 10.2 Å². The van der Waals surface area contributed by atoms with Crippen molar-refractivity contribution in [3.63, 3.8) is 0 Å². The highest BCUT2D eigenvalue weighted by Gasteiger charge is 2.34. The lowest BCUT2D eigenvalue weighted by Gasteiger charge is -2.39. The molecule has 4 nitrogen and oxygen atoms in total. The summed E-state index contributed by atoms with van der Waals surface area (Å²) in [5, 5.41) is 20.6. The fraction of sp³-hybridized carbons (Fsp3) is 0.455. The van der Waals surface area contributed by atoms with E-state index in [1.165, 1.54) is 11.1 Å². The van der Waals surface area contributed by atoms with E-state index in [0.29, 0.717) is 5.75 Å². The highest BCUT2D eigenvalue weighted by atomic mass is 16.5. The van der Waals surface area contributed by atoms with Gasteiger partial charge in [0.15, 0.2) is 0 Å². The molecule has 0 bridgehead atoms. The van der Waals surface area contributed by atoms with E-state index in [1.807, 2.05) is 18.2 Å². The number of ether oxygens (including phenoxy) is 1. The van der Waals surface area contributed by atoms with E-state index in [4.69, 9.17) is 4.74 Å². The van der Waals surface area contributed by atoms with Gasteiger partial charge >= 0.3 is 0 Å². The van der Waals surface area contributed by atoms with E-state index in [1.54, 1.807) is 12.1 Å². The van der Waals surface area contributed by atoms with Gasteiger partial charge in [0.05, 0.1) is 5.60 Å². The maximum Gasteiger partial charge on any atom is 0.123 e. The smallest absolute Gasteiger partial charge is 0.123 e. The van der Waals surface area contributed by atoms with Crippen LogP contribution in [-0.2, 0) is 12.8 Å². The number of aliphatic hydroxyl groups is 1. The van der Waals surface area contributed by atoms with Crippen molar-refractivity contribution in [2.75, 3.05) is 19.6 Å². The van der Waals surface area contributed by atoms with Gasteiger partial charge in [0.25, 0.3) is 0 Å². The Bertz CT molecular complexity index is 781. The summed E-state index contributed by atoms with van der Waals surface area (Å²) in [7, 11) is 0. The second-order valence-electron chi connectivity index (χ2n) is 7.86. The van der Waals surface area contributed by atoms with Crippen molar-refractivity contribution in [3.8, 4) is 11.5 Å². The zero-order valence-corrected chi connectivity index (χ0v) is 15.3. The Hall–Kier alpha value is -2.04. The fourth-order valence-electron chi connectivity index (χ4n) is 4.19. The van der Waals surface area contributed by atoms with Gasteiger partial charge in [-0.1, -0.05) is 24.3 Å². The lowest BCUT2D eigenvalue weighted by atomic mass is 9.84. The first-order valence-corrected chi connectivity index (χ1v) is 9.49. The predicted octanol–water partition coefficient (Wildman–Crippen LogP) is 3.07. The van der Waals surface area contributed by atoms with Crippen molar-refractivity contribution in [3.05, 3.63) is 59.2 Å². The van der Waals surface area contributed by atoms with E-state index >= 15 is 0 Å². The van der Waals surface area contributed by atoms with Crippen LogP contribution in [0.5, 0.6) is 11.5 Å². The van der Waals surface area contributed by atoms with Crippen LogP contribution in [0.4, 0.5) is 0 Å². The van der Waals surface area contributed by atoms with Crippen LogP contribution in [0.3, 0.4) is 0 Å². The summed E-state index contributed by atoms with van der Waals surface area (Å²) in [6.07, 6.45) is 3.30. The van der Waals surface area contributed by atoms with Gasteiger partial charge < -0.3 is 14.9 Å². The van der Waals surface area contributed by atoms with E-state index in [-0.39, 0.29) is 6.10 Å². The Morgan fingerprint density at radius 2 is 1.92 bits per heavy atom. The summed E-state index contributed by atoms with van der Waals surface area (Å²) >= 11 is 0. The van der Waals surface area contributed by atoms with Crippen LogP contribution >= 0.6 is 0 Å². The molecule has 4 rings (SSSR count). The minimum atomic E-state index is -0.603. The van der Waals surface area contributed by atoms with E-state index < -0.39 is 5.60 Å². The average Bonchev–Trinajstić information content (AvgIpc) is 3.01. The number of rotatable bonds is 4. The molecule has 138 valence electrons. The van der Waals surface area contributed by atoms with Gasteiger partial charge in [-0.15, -0.1) is 0 Å². The van der Waals surface area contributed by atoms with Crippen LogP contribution in [0.25, 0.3) is 0 Å². The number of aryl methyl sites for hydroxylation is 1. The number of aromatic hydroxyl groups is 1. The van der Waals surface area contributed by atoms with Gasteiger partial charge in [-0.25, -0.2) is 0 Å². The molecule has 0 radical (unpaired) electrons. The standard InChI is InChI=1S/C22H27NO3/c1-16-4-2-3-5-17(16)14-22(25)8-10-23(11-9-22)15-20-13-18-12-19(24)6-7-21(18)26-20/h2-7,12,20,24-25H,8-11,13-15H2,1H3/t20-/m1/s1. The maximum absolute atomic E-state index is 11.0. The van der Waals surface area contributed by atoms with E-state index in [2.05, 4.69) is 24.0 Å². The Morgan fingerprint density at radius 3 is 2.69 bits per heavy atom. The number of fused-ring (bicyclic) bond motifs is 1. The molecule has 1 fully saturated rings. The number of nitrogens with zero attached hydrogens (tertiary/aromatic N) is 1. The summed E-state index contributed by atoms with van der Waals surface area (Å²) in [6, 6.07) is 13.7. The summed E-state index contributed by atoms with van der Waals surface area (Å²) in [5.74, 6) is 1.19. The Morgan fingerprint density at radius 1 is 1.15 bits per heavy atom. The van der Waals surface area contributed by atoms with Gasteiger partial charge in [-0.2, -0.15) is 0 Å². The zero-order chi connectivity index (χ0) is 18.1. The molecule has 0 saturated carbocycles. The van der Waals surface area contributed by atoms with Crippen LogP contribution in [-0.4, -0.2) is 46.5 Å². The Labute approximate surface area is 155 Å². The monoisotopic (exact) mass is 353 g/mol. The topological polar surface area (TPSA) is 52.9 Å². The molecule has 0 aromatic heterocycles. The van der Waals surface area contributed by atoms with Crippen LogP contribution < -0.4 is 4.74 Å². The van der Waals surface area contributed by atoms with Gasteiger partial charge in [0.2, 0.25) is 0 Å². The molecule has 2 aliphatic rings. The number of phenols is 1. The molecule has 2 aromatic rings. The van der Waals surface area contributed by atoms with Crippen molar-refractivity contribution < 1.29 is 14.9 Å². The molecule has 2 aliphatic heterocycles. The van der Waals surface area contributed by atoms with Crippen LogP contribution in [0.1, 0.15) is 29.5 Å². The van der Waals surface area contributed by atoms with Crippen molar-refractivity contribution in [1.29, 1.82) is 0 Å². The van der Waals surface area contributed by atoms with Gasteiger partial charge in [-0.3, -0.25) is 4.90 Å². The Kier molecular flexibility index (Phi) is 4.63. The second kappa shape index (κ2) is 6.93. The number of piperidine rings is 1. The zero-order valence-electron chi connectivity index (χ0n) is 15.3. The number of benzene rings is 2.